The number of rotatable bonds is 5. The molecule has 1 heterocycles. The maximum absolute atomic E-state index is 11.3. The van der Waals surface area contributed by atoms with Crippen LogP contribution in [0.4, 0.5) is 0 Å². The minimum absolute atomic E-state index is 0.0338. The zero-order chi connectivity index (χ0) is 13.7. The number of carbonyl (C=O) groups is 1. The molecule has 0 radical (unpaired) electrons. The van der Waals surface area contributed by atoms with Gasteiger partial charge in [-0.25, -0.2) is 4.98 Å². The van der Waals surface area contributed by atoms with Crippen LogP contribution in [0.1, 0.15) is 22.3 Å². The Hall–Kier alpha value is -1.72. The highest BCUT2D eigenvalue weighted by Crippen LogP contribution is 2.20. The monoisotopic (exact) mass is 275 g/mol. The first kappa shape index (κ1) is 13.7. The molecule has 2 rings (SSSR count). The van der Waals surface area contributed by atoms with Crippen LogP contribution in [0, 0.1) is 0 Å². The van der Waals surface area contributed by atoms with Crippen LogP contribution in [0.5, 0.6) is 0 Å². The number of aromatic nitrogens is 1. The molecule has 5 heteroatoms. The van der Waals surface area contributed by atoms with E-state index in [2.05, 4.69) is 22.4 Å². The first-order valence-corrected chi connectivity index (χ1v) is 7.01. The van der Waals surface area contributed by atoms with Gasteiger partial charge in [0.2, 0.25) is 5.91 Å². The molecular weight excluding hydrogens is 258 g/mol. The van der Waals surface area contributed by atoms with Crippen LogP contribution in [0.3, 0.4) is 0 Å². The number of hydrogen-bond acceptors (Lipinski definition) is 4. The molecule has 1 amide bonds. The lowest BCUT2D eigenvalue weighted by Gasteiger charge is -2.08. The van der Waals surface area contributed by atoms with Gasteiger partial charge >= 0.3 is 0 Å². The molecule has 1 aromatic heterocycles. The summed E-state index contributed by atoms with van der Waals surface area (Å²) in [6, 6.07) is 9.98. The summed E-state index contributed by atoms with van der Waals surface area (Å²) in [6.45, 7) is 0. The van der Waals surface area contributed by atoms with Crippen LogP contribution < -0.4 is 11.1 Å². The topological polar surface area (TPSA) is 68.0 Å². The van der Waals surface area contributed by atoms with Gasteiger partial charge in [0.05, 0.1) is 18.2 Å². The summed E-state index contributed by atoms with van der Waals surface area (Å²) < 4.78 is 0. The van der Waals surface area contributed by atoms with Gasteiger partial charge in [-0.05, 0) is 12.0 Å². The lowest BCUT2D eigenvalue weighted by atomic mass is 10.1. The highest BCUT2D eigenvalue weighted by molar-refractivity contribution is 7.09. The third-order valence-corrected chi connectivity index (χ3v) is 3.83. The van der Waals surface area contributed by atoms with E-state index < -0.39 is 0 Å². The second-order valence-electron chi connectivity index (χ2n) is 4.32. The smallest absolute Gasteiger partial charge is 0.225 e. The molecule has 4 nitrogen and oxygen atoms in total. The molecule has 1 unspecified atom stereocenters. The summed E-state index contributed by atoms with van der Waals surface area (Å²) in [5, 5.41) is 5.36. The fourth-order valence-corrected chi connectivity index (χ4v) is 2.60. The van der Waals surface area contributed by atoms with Crippen molar-refractivity contribution in [2.45, 2.75) is 18.9 Å². The molecule has 19 heavy (non-hydrogen) atoms. The zero-order valence-electron chi connectivity index (χ0n) is 10.8. The Kier molecular flexibility index (Phi) is 4.65. The SMILES string of the molecule is CNC(=O)Cc1csc(C(N)Cc2ccccc2)n1. The van der Waals surface area contributed by atoms with Crippen molar-refractivity contribution < 1.29 is 4.79 Å². The van der Waals surface area contributed by atoms with E-state index in [-0.39, 0.29) is 11.9 Å². The van der Waals surface area contributed by atoms with E-state index >= 15 is 0 Å². The Balaban J connectivity index is 2.00. The van der Waals surface area contributed by atoms with Gasteiger partial charge < -0.3 is 11.1 Å². The minimum Gasteiger partial charge on any atom is -0.359 e. The van der Waals surface area contributed by atoms with Crippen LogP contribution in [0.2, 0.25) is 0 Å². The molecule has 0 aliphatic rings. The molecule has 0 fully saturated rings. The normalized spacial score (nSPS) is 12.1. The van der Waals surface area contributed by atoms with Crippen molar-refractivity contribution in [2.24, 2.45) is 5.73 Å². The molecule has 0 spiro atoms. The maximum atomic E-state index is 11.3. The molecule has 0 bridgehead atoms. The molecule has 0 aliphatic carbocycles. The molecule has 2 aromatic rings. The number of nitrogens with zero attached hydrogens (tertiary/aromatic N) is 1. The van der Waals surface area contributed by atoms with Crippen LogP contribution in [0.15, 0.2) is 35.7 Å². The minimum atomic E-state index is -0.120. The largest absolute Gasteiger partial charge is 0.359 e. The van der Waals surface area contributed by atoms with Gasteiger partial charge in [0.1, 0.15) is 5.01 Å². The van der Waals surface area contributed by atoms with Gasteiger partial charge in [0, 0.05) is 12.4 Å². The first-order chi connectivity index (χ1) is 9.19. The Morgan fingerprint density at radius 1 is 1.42 bits per heavy atom. The predicted molar refractivity (Wildman–Crippen MR) is 77.0 cm³/mol. The molecular formula is C14H17N3OS. The van der Waals surface area contributed by atoms with E-state index in [1.54, 1.807) is 7.05 Å². The van der Waals surface area contributed by atoms with Crippen LogP contribution in [0.25, 0.3) is 0 Å². The number of carbonyl (C=O) groups excluding carboxylic acids is 1. The number of amides is 1. The second-order valence-corrected chi connectivity index (χ2v) is 5.21. The quantitative estimate of drug-likeness (QED) is 0.872. The standard InChI is InChI=1S/C14H17N3OS/c1-16-13(18)8-11-9-19-14(17-11)12(15)7-10-5-3-2-4-6-10/h2-6,9,12H,7-8,15H2,1H3,(H,16,18). The summed E-state index contributed by atoms with van der Waals surface area (Å²) in [5.74, 6) is -0.0338. The fourth-order valence-electron chi connectivity index (χ4n) is 1.78. The van der Waals surface area contributed by atoms with E-state index in [9.17, 15) is 4.79 Å². The molecule has 1 atom stereocenters. The summed E-state index contributed by atoms with van der Waals surface area (Å²) >= 11 is 1.51. The third-order valence-electron chi connectivity index (χ3n) is 2.81. The van der Waals surface area contributed by atoms with Gasteiger partial charge in [-0.3, -0.25) is 4.79 Å². The van der Waals surface area contributed by atoms with E-state index in [1.807, 2.05) is 23.6 Å². The third kappa shape index (κ3) is 3.87. The summed E-state index contributed by atoms with van der Waals surface area (Å²) in [5.41, 5.74) is 8.12. The average molecular weight is 275 g/mol. The van der Waals surface area contributed by atoms with Crippen molar-refractivity contribution in [2.75, 3.05) is 7.05 Å². The lowest BCUT2D eigenvalue weighted by molar-refractivity contribution is -0.120. The Morgan fingerprint density at radius 3 is 2.84 bits per heavy atom. The highest BCUT2D eigenvalue weighted by atomic mass is 32.1. The molecule has 3 N–H and O–H groups in total. The van der Waals surface area contributed by atoms with Crippen LogP contribution >= 0.6 is 11.3 Å². The Bertz CT molecular complexity index is 539. The summed E-state index contributed by atoms with van der Waals surface area (Å²) in [6.07, 6.45) is 1.07. The number of nitrogens with one attached hydrogen (secondary N) is 1. The zero-order valence-corrected chi connectivity index (χ0v) is 11.6. The van der Waals surface area contributed by atoms with Crippen molar-refractivity contribution in [3.63, 3.8) is 0 Å². The molecule has 100 valence electrons. The van der Waals surface area contributed by atoms with Crippen LogP contribution in [-0.2, 0) is 17.6 Å². The number of nitrogens with two attached hydrogens (primary N) is 1. The fraction of sp³-hybridized carbons (Fsp3) is 0.286. The van der Waals surface area contributed by atoms with E-state index in [1.165, 1.54) is 16.9 Å². The lowest BCUT2D eigenvalue weighted by Crippen LogP contribution is -2.20. The molecule has 0 saturated heterocycles. The van der Waals surface area contributed by atoms with E-state index in [0.717, 1.165) is 17.1 Å². The van der Waals surface area contributed by atoms with Crippen LogP contribution in [-0.4, -0.2) is 17.9 Å². The first-order valence-electron chi connectivity index (χ1n) is 6.13. The number of benzene rings is 1. The maximum Gasteiger partial charge on any atom is 0.225 e. The number of hydrogen-bond donors (Lipinski definition) is 2. The number of likely N-dealkylation sites (N-methyl/N-ethyl adjacent to an activating group) is 1. The van der Waals surface area contributed by atoms with Gasteiger partial charge in [-0.2, -0.15) is 0 Å². The van der Waals surface area contributed by atoms with Crippen molar-refractivity contribution in [3.8, 4) is 0 Å². The van der Waals surface area contributed by atoms with Crippen molar-refractivity contribution >= 4 is 17.2 Å². The predicted octanol–water partition coefficient (Wildman–Crippen LogP) is 1.67. The highest BCUT2D eigenvalue weighted by Gasteiger charge is 2.13. The van der Waals surface area contributed by atoms with E-state index in [4.69, 9.17) is 5.73 Å². The number of thiazole rings is 1. The van der Waals surface area contributed by atoms with Crippen molar-refractivity contribution in [1.29, 1.82) is 0 Å². The summed E-state index contributed by atoms with van der Waals surface area (Å²) in [7, 11) is 1.62. The second kappa shape index (κ2) is 6.45. The summed E-state index contributed by atoms with van der Waals surface area (Å²) in [4.78, 5) is 15.7. The molecule has 1 aromatic carbocycles. The van der Waals surface area contributed by atoms with E-state index in [0.29, 0.717) is 6.42 Å². The molecule has 0 aliphatic heterocycles. The van der Waals surface area contributed by atoms with Crippen molar-refractivity contribution in [3.05, 3.63) is 52.0 Å². The Morgan fingerprint density at radius 2 is 2.16 bits per heavy atom. The van der Waals surface area contributed by atoms with Gasteiger partial charge in [0.25, 0.3) is 0 Å². The van der Waals surface area contributed by atoms with Gasteiger partial charge in [0.15, 0.2) is 0 Å². The Labute approximate surface area is 116 Å². The average Bonchev–Trinajstić information content (AvgIpc) is 2.88. The van der Waals surface area contributed by atoms with Crippen molar-refractivity contribution in [1.82, 2.24) is 10.3 Å². The van der Waals surface area contributed by atoms with Gasteiger partial charge in [-0.1, -0.05) is 30.3 Å². The molecule has 0 saturated carbocycles. The van der Waals surface area contributed by atoms with Gasteiger partial charge in [-0.15, -0.1) is 11.3 Å².